The number of rotatable bonds is 5. The number of carboxylic acids is 1. The number of carbonyl (C=O) groups is 1. The summed E-state index contributed by atoms with van der Waals surface area (Å²) in [4.78, 5) is 12.9. The van der Waals surface area contributed by atoms with Crippen molar-refractivity contribution >= 4 is 17.7 Å². The van der Waals surface area contributed by atoms with Crippen molar-refractivity contribution in [3.63, 3.8) is 0 Å². The van der Waals surface area contributed by atoms with Crippen molar-refractivity contribution in [1.29, 1.82) is 0 Å². The quantitative estimate of drug-likeness (QED) is 0.840. The van der Waals surface area contributed by atoms with Crippen molar-refractivity contribution in [2.24, 2.45) is 0 Å². The summed E-state index contributed by atoms with van der Waals surface area (Å²) in [6.45, 7) is 0. The van der Waals surface area contributed by atoms with Crippen LogP contribution in [-0.2, 0) is 10.2 Å². The summed E-state index contributed by atoms with van der Waals surface area (Å²) < 4.78 is 10.9. The van der Waals surface area contributed by atoms with Gasteiger partial charge in [0.05, 0.1) is 24.5 Å². The van der Waals surface area contributed by atoms with Crippen molar-refractivity contribution in [3.05, 3.63) is 17.7 Å². The SMILES string of the molecule is COc1ccc(C2(C(=O)O)CCCCC2)c(OC)c1SC. The maximum absolute atomic E-state index is 12.0. The van der Waals surface area contributed by atoms with Crippen LogP contribution in [-0.4, -0.2) is 31.6 Å². The van der Waals surface area contributed by atoms with Crippen LogP contribution in [0, 0.1) is 0 Å². The first-order chi connectivity index (χ1) is 10.1. The first-order valence-electron chi connectivity index (χ1n) is 7.13. The molecule has 1 N–H and O–H groups in total. The molecule has 1 aromatic carbocycles. The number of ether oxygens (including phenoxy) is 2. The van der Waals surface area contributed by atoms with Crippen LogP contribution in [0.5, 0.6) is 11.5 Å². The highest BCUT2D eigenvalue weighted by molar-refractivity contribution is 7.98. The zero-order valence-electron chi connectivity index (χ0n) is 12.8. The van der Waals surface area contributed by atoms with Crippen LogP contribution >= 0.6 is 11.8 Å². The second kappa shape index (κ2) is 6.60. The molecule has 0 saturated heterocycles. The van der Waals surface area contributed by atoms with Crippen molar-refractivity contribution in [2.75, 3.05) is 20.5 Å². The number of hydrogen-bond donors (Lipinski definition) is 1. The summed E-state index contributed by atoms with van der Waals surface area (Å²) in [5, 5.41) is 9.86. The smallest absolute Gasteiger partial charge is 0.314 e. The van der Waals surface area contributed by atoms with Gasteiger partial charge in [-0.3, -0.25) is 4.79 Å². The van der Waals surface area contributed by atoms with E-state index in [2.05, 4.69) is 0 Å². The lowest BCUT2D eigenvalue weighted by molar-refractivity contribution is -0.145. The Labute approximate surface area is 129 Å². The molecule has 116 valence electrons. The molecule has 0 radical (unpaired) electrons. The van der Waals surface area contributed by atoms with Gasteiger partial charge in [0.15, 0.2) is 0 Å². The Kier molecular flexibility index (Phi) is 5.04. The fourth-order valence-electron chi connectivity index (χ4n) is 3.23. The van der Waals surface area contributed by atoms with E-state index in [0.29, 0.717) is 18.6 Å². The van der Waals surface area contributed by atoms with E-state index in [1.165, 1.54) is 11.8 Å². The Bertz CT molecular complexity index is 521. The van der Waals surface area contributed by atoms with Gasteiger partial charge >= 0.3 is 5.97 Å². The molecule has 1 aliphatic carbocycles. The topological polar surface area (TPSA) is 55.8 Å². The first-order valence-corrected chi connectivity index (χ1v) is 8.36. The minimum absolute atomic E-state index is 0.645. The van der Waals surface area contributed by atoms with Crippen LogP contribution in [0.4, 0.5) is 0 Å². The zero-order chi connectivity index (χ0) is 15.5. The number of carboxylic acid groups (broad SMARTS) is 1. The van der Waals surface area contributed by atoms with E-state index < -0.39 is 11.4 Å². The first kappa shape index (κ1) is 16.0. The van der Waals surface area contributed by atoms with Gasteiger partial charge in [-0.25, -0.2) is 0 Å². The molecule has 4 nitrogen and oxygen atoms in total. The third-order valence-electron chi connectivity index (χ3n) is 4.34. The monoisotopic (exact) mass is 310 g/mol. The number of aliphatic carboxylic acids is 1. The van der Waals surface area contributed by atoms with Gasteiger partial charge < -0.3 is 14.6 Å². The summed E-state index contributed by atoms with van der Waals surface area (Å²) in [7, 11) is 3.21. The number of benzene rings is 1. The Balaban J connectivity index is 2.63. The average Bonchev–Trinajstić information content (AvgIpc) is 2.53. The van der Waals surface area contributed by atoms with Crippen molar-refractivity contribution in [2.45, 2.75) is 42.4 Å². The number of methoxy groups -OCH3 is 2. The Morgan fingerprint density at radius 3 is 2.33 bits per heavy atom. The van der Waals surface area contributed by atoms with E-state index >= 15 is 0 Å². The fraction of sp³-hybridized carbons (Fsp3) is 0.562. The molecule has 0 unspecified atom stereocenters. The molecular weight excluding hydrogens is 288 g/mol. The van der Waals surface area contributed by atoms with Gasteiger partial charge in [0.1, 0.15) is 11.5 Å². The fourth-order valence-corrected chi connectivity index (χ4v) is 3.96. The molecule has 1 aliphatic rings. The summed E-state index contributed by atoms with van der Waals surface area (Å²) >= 11 is 1.52. The Hall–Kier alpha value is -1.36. The molecule has 0 spiro atoms. The highest BCUT2D eigenvalue weighted by atomic mass is 32.2. The van der Waals surface area contributed by atoms with E-state index in [4.69, 9.17) is 9.47 Å². The van der Waals surface area contributed by atoms with Crippen LogP contribution < -0.4 is 9.47 Å². The maximum atomic E-state index is 12.0. The molecule has 21 heavy (non-hydrogen) atoms. The van der Waals surface area contributed by atoms with Gasteiger partial charge in [0, 0.05) is 5.56 Å². The lowest BCUT2D eigenvalue weighted by atomic mass is 9.69. The summed E-state index contributed by atoms with van der Waals surface area (Å²) in [5.41, 5.74) is -0.0530. The van der Waals surface area contributed by atoms with Gasteiger partial charge in [0.2, 0.25) is 0 Å². The largest absolute Gasteiger partial charge is 0.495 e. The van der Waals surface area contributed by atoms with E-state index in [1.54, 1.807) is 14.2 Å². The minimum Gasteiger partial charge on any atom is -0.495 e. The molecule has 0 amide bonds. The number of thioether (sulfide) groups is 1. The summed E-state index contributed by atoms with van der Waals surface area (Å²) in [6, 6.07) is 3.71. The molecular formula is C16H22O4S. The molecule has 5 heteroatoms. The second-order valence-electron chi connectivity index (χ2n) is 5.33. The number of hydrogen-bond acceptors (Lipinski definition) is 4. The maximum Gasteiger partial charge on any atom is 0.314 e. The van der Waals surface area contributed by atoms with E-state index in [-0.39, 0.29) is 0 Å². The van der Waals surface area contributed by atoms with E-state index in [1.807, 2.05) is 18.4 Å². The molecule has 0 heterocycles. The van der Waals surface area contributed by atoms with Crippen molar-refractivity contribution in [3.8, 4) is 11.5 Å². The van der Waals surface area contributed by atoms with Crippen LogP contribution in [0.2, 0.25) is 0 Å². The molecule has 0 atom stereocenters. The molecule has 0 aliphatic heterocycles. The summed E-state index contributed by atoms with van der Waals surface area (Å²) in [6.07, 6.45) is 6.26. The standard InChI is InChI=1S/C16H22O4S/c1-19-12-8-7-11(13(20-2)14(12)21-3)16(15(17)18)9-5-4-6-10-16/h7-8H,4-6,9-10H2,1-3H3,(H,17,18). The van der Waals surface area contributed by atoms with Crippen LogP contribution in [0.1, 0.15) is 37.7 Å². The Morgan fingerprint density at radius 2 is 1.86 bits per heavy atom. The lowest BCUT2D eigenvalue weighted by Gasteiger charge is -2.35. The van der Waals surface area contributed by atoms with Crippen LogP contribution in [0.15, 0.2) is 17.0 Å². The van der Waals surface area contributed by atoms with Gasteiger partial charge in [-0.2, -0.15) is 0 Å². The van der Waals surface area contributed by atoms with E-state index in [0.717, 1.165) is 35.5 Å². The molecule has 2 rings (SSSR count). The average molecular weight is 310 g/mol. The highest BCUT2D eigenvalue weighted by Gasteiger charge is 2.44. The van der Waals surface area contributed by atoms with Crippen molar-refractivity contribution in [1.82, 2.24) is 0 Å². The Morgan fingerprint density at radius 1 is 1.19 bits per heavy atom. The molecule has 0 aromatic heterocycles. The highest BCUT2D eigenvalue weighted by Crippen LogP contribution is 2.48. The predicted octanol–water partition coefficient (Wildman–Crippen LogP) is 3.71. The van der Waals surface area contributed by atoms with Crippen LogP contribution in [0.25, 0.3) is 0 Å². The molecule has 0 bridgehead atoms. The van der Waals surface area contributed by atoms with Gasteiger partial charge in [0.25, 0.3) is 0 Å². The normalized spacial score (nSPS) is 17.3. The third-order valence-corrected chi connectivity index (χ3v) is 5.13. The molecule has 1 aromatic rings. The lowest BCUT2D eigenvalue weighted by Crippen LogP contribution is -2.38. The zero-order valence-corrected chi connectivity index (χ0v) is 13.6. The van der Waals surface area contributed by atoms with E-state index in [9.17, 15) is 9.90 Å². The molecule has 1 saturated carbocycles. The van der Waals surface area contributed by atoms with Crippen LogP contribution in [0.3, 0.4) is 0 Å². The molecule has 1 fully saturated rings. The van der Waals surface area contributed by atoms with Gasteiger partial charge in [-0.05, 0) is 25.2 Å². The predicted molar refractivity (Wildman–Crippen MR) is 83.7 cm³/mol. The van der Waals surface area contributed by atoms with Crippen molar-refractivity contribution < 1.29 is 19.4 Å². The summed E-state index contributed by atoms with van der Waals surface area (Å²) in [5.74, 6) is 0.614. The van der Waals surface area contributed by atoms with Gasteiger partial charge in [-0.1, -0.05) is 25.3 Å². The van der Waals surface area contributed by atoms with Gasteiger partial charge in [-0.15, -0.1) is 11.8 Å². The third kappa shape index (κ3) is 2.71. The second-order valence-corrected chi connectivity index (χ2v) is 6.15. The minimum atomic E-state index is -0.833.